The summed E-state index contributed by atoms with van der Waals surface area (Å²) in [5.74, 6) is -1.25. The van der Waals surface area contributed by atoms with Crippen molar-refractivity contribution in [3.8, 4) is 28.3 Å². The molecule has 0 spiro atoms. The third kappa shape index (κ3) is 4.99. The van der Waals surface area contributed by atoms with Crippen molar-refractivity contribution >= 4 is 28.7 Å². The van der Waals surface area contributed by atoms with Crippen molar-refractivity contribution < 1.29 is 14.3 Å². The van der Waals surface area contributed by atoms with E-state index >= 15 is 0 Å². The van der Waals surface area contributed by atoms with Crippen LogP contribution in [0.1, 0.15) is 19.4 Å². The summed E-state index contributed by atoms with van der Waals surface area (Å²) >= 11 is 0. The first-order valence-electron chi connectivity index (χ1n) is 11.3. The Labute approximate surface area is 203 Å². The Morgan fingerprint density at radius 3 is 2.11 bits per heavy atom. The topological polar surface area (TPSA) is 94.5 Å². The van der Waals surface area contributed by atoms with E-state index in [1.165, 1.54) is 6.08 Å². The van der Waals surface area contributed by atoms with Crippen LogP contribution >= 0.6 is 0 Å². The maximum Gasteiger partial charge on any atom is 0.346 e. The van der Waals surface area contributed by atoms with Gasteiger partial charge in [0.05, 0.1) is 5.56 Å². The Hall–Kier alpha value is -4.63. The van der Waals surface area contributed by atoms with Gasteiger partial charge >= 0.3 is 11.6 Å². The number of fused-ring (bicyclic) bond motifs is 1. The van der Waals surface area contributed by atoms with Gasteiger partial charge in [-0.15, -0.1) is 0 Å². The van der Waals surface area contributed by atoms with E-state index in [2.05, 4.69) is 18.7 Å². The van der Waals surface area contributed by atoms with Gasteiger partial charge in [-0.05, 0) is 60.4 Å². The van der Waals surface area contributed by atoms with Crippen molar-refractivity contribution in [1.82, 2.24) is 0 Å². The lowest BCUT2D eigenvalue weighted by molar-refractivity contribution is -0.132. The summed E-state index contributed by atoms with van der Waals surface area (Å²) < 4.78 is 5.66. The molecule has 0 fully saturated rings. The smallest absolute Gasteiger partial charge is 0.346 e. The van der Waals surface area contributed by atoms with E-state index in [1.807, 2.05) is 60.7 Å². The molecule has 35 heavy (non-hydrogen) atoms. The number of anilines is 1. The first-order valence-corrected chi connectivity index (χ1v) is 11.3. The monoisotopic (exact) mass is 464 g/mol. The molecule has 6 nitrogen and oxygen atoms in total. The van der Waals surface area contributed by atoms with E-state index in [0.717, 1.165) is 40.9 Å². The minimum atomic E-state index is -1.25. The van der Waals surface area contributed by atoms with Crippen LogP contribution in [0.3, 0.4) is 0 Å². The Morgan fingerprint density at radius 1 is 0.943 bits per heavy atom. The van der Waals surface area contributed by atoms with Crippen molar-refractivity contribution in [3.63, 3.8) is 0 Å². The summed E-state index contributed by atoms with van der Waals surface area (Å²) in [6.07, 6.45) is 1.33. The highest BCUT2D eigenvalue weighted by molar-refractivity contribution is 5.96. The lowest BCUT2D eigenvalue weighted by Crippen LogP contribution is -2.21. The molecular formula is C29H24N2O4. The normalized spacial score (nSPS) is 11.3. The largest absolute Gasteiger partial charge is 0.477 e. The second-order valence-electron chi connectivity index (χ2n) is 8.02. The van der Waals surface area contributed by atoms with Crippen LogP contribution < -0.4 is 10.5 Å². The number of hydrogen-bond acceptors (Lipinski definition) is 5. The van der Waals surface area contributed by atoms with Gasteiger partial charge in [0.25, 0.3) is 0 Å². The second-order valence-corrected chi connectivity index (χ2v) is 8.02. The van der Waals surface area contributed by atoms with Crippen molar-refractivity contribution in [3.05, 3.63) is 94.4 Å². The number of aliphatic carboxylic acids is 1. The summed E-state index contributed by atoms with van der Waals surface area (Å²) in [4.78, 5) is 26.0. The highest BCUT2D eigenvalue weighted by Gasteiger charge is 2.11. The third-order valence-electron chi connectivity index (χ3n) is 5.95. The van der Waals surface area contributed by atoms with Gasteiger partial charge in [0.15, 0.2) is 0 Å². The van der Waals surface area contributed by atoms with E-state index in [0.29, 0.717) is 16.7 Å². The van der Waals surface area contributed by atoms with Crippen LogP contribution in [0.25, 0.3) is 39.3 Å². The fourth-order valence-corrected chi connectivity index (χ4v) is 4.01. The maximum atomic E-state index is 12.8. The zero-order chi connectivity index (χ0) is 24.9. The Balaban J connectivity index is 1.61. The van der Waals surface area contributed by atoms with Crippen LogP contribution in [0.4, 0.5) is 5.69 Å². The van der Waals surface area contributed by atoms with Crippen molar-refractivity contribution in [2.24, 2.45) is 0 Å². The molecule has 0 bridgehead atoms. The van der Waals surface area contributed by atoms with Gasteiger partial charge in [-0.2, -0.15) is 5.26 Å². The number of carboxylic acid groups (broad SMARTS) is 1. The van der Waals surface area contributed by atoms with Crippen LogP contribution in [0, 0.1) is 11.3 Å². The molecule has 0 aliphatic rings. The molecule has 4 aromatic rings. The van der Waals surface area contributed by atoms with Crippen LogP contribution in [0.2, 0.25) is 0 Å². The standard InChI is InChI=1S/C29H24N2O4/c1-3-31(4-2)25-14-13-23-16-26(29(34)35-27(23)17-25)22-11-9-21(10-12-22)20-7-5-19(6-8-20)15-24(18-30)28(32)33/h5-17H,3-4H2,1-2H3,(H,32,33)/b24-15-. The van der Waals surface area contributed by atoms with Gasteiger partial charge in [-0.25, -0.2) is 9.59 Å². The summed E-state index contributed by atoms with van der Waals surface area (Å²) in [7, 11) is 0. The molecule has 0 saturated heterocycles. The van der Waals surface area contributed by atoms with Gasteiger partial charge < -0.3 is 14.4 Å². The average Bonchev–Trinajstić information content (AvgIpc) is 2.88. The van der Waals surface area contributed by atoms with Gasteiger partial charge in [0, 0.05) is 30.2 Å². The second kappa shape index (κ2) is 10.1. The minimum Gasteiger partial charge on any atom is -0.477 e. The Bertz CT molecular complexity index is 1500. The lowest BCUT2D eigenvalue weighted by atomic mass is 9.99. The lowest BCUT2D eigenvalue weighted by Gasteiger charge is -2.21. The highest BCUT2D eigenvalue weighted by Crippen LogP contribution is 2.27. The summed E-state index contributed by atoms with van der Waals surface area (Å²) in [6, 6.07) is 24.3. The highest BCUT2D eigenvalue weighted by atomic mass is 16.4. The fraction of sp³-hybridized carbons (Fsp3) is 0.138. The minimum absolute atomic E-state index is 0.319. The first kappa shape index (κ1) is 23.5. The van der Waals surface area contributed by atoms with Crippen molar-refractivity contribution in [2.45, 2.75) is 13.8 Å². The molecule has 3 aromatic carbocycles. The summed E-state index contributed by atoms with van der Waals surface area (Å²) in [5, 5.41) is 18.8. The third-order valence-corrected chi connectivity index (χ3v) is 5.95. The van der Waals surface area contributed by atoms with Crippen LogP contribution in [-0.2, 0) is 4.79 Å². The zero-order valence-corrected chi connectivity index (χ0v) is 19.5. The van der Waals surface area contributed by atoms with E-state index in [9.17, 15) is 9.59 Å². The predicted octanol–water partition coefficient (Wildman–Crippen LogP) is 5.96. The van der Waals surface area contributed by atoms with Gasteiger partial charge in [-0.1, -0.05) is 48.5 Å². The molecule has 4 rings (SSSR count). The molecule has 0 atom stereocenters. The summed E-state index contributed by atoms with van der Waals surface area (Å²) in [6.45, 7) is 5.93. The van der Waals surface area contributed by atoms with Gasteiger partial charge in [-0.3, -0.25) is 0 Å². The molecule has 6 heteroatoms. The van der Waals surface area contributed by atoms with Crippen LogP contribution in [0.5, 0.6) is 0 Å². The maximum absolute atomic E-state index is 12.8. The van der Waals surface area contributed by atoms with Crippen molar-refractivity contribution in [2.75, 3.05) is 18.0 Å². The van der Waals surface area contributed by atoms with Gasteiger partial charge in [0.2, 0.25) is 0 Å². The van der Waals surface area contributed by atoms with E-state index in [-0.39, 0.29) is 11.2 Å². The quantitative estimate of drug-likeness (QED) is 0.206. The molecule has 1 N–H and O–H groups in total. The number of benzene rings is 3. The summed E-state index contributed by atoms with van der Waals surface area (Å²) in [5.41, 5.74) is 4.64. The SMILES string of the molecule is CCN(CC)c1ccc2cc(-c3ccc(-c4ccc(/C=C(/C#N)C(=O)O)cc4)cc3)c(=O)oc2c1. The Morgan fingerprint density at radius 2 is 1.54 bits per heavy atom. The number of hydrogen-bond donors (Lipinski definition) is 1. The van der Waals surface area contributed by atoms with E-state index in [1.54, 1.807) is 18.2 Å². The van der Waals surface area contributed by atoms with Crippen molar-refractivity contribution in [1.29, 1.82) is 5.26 Å². The zero-order valence-electron chi connectivity index (χ0n) is 19.5. The first-order chi connectivity index (χ1) is 16.9. The van der Waals surface area contributed by atoms with E-state index in [4.69, 9.17) is 14.8 Å². The Kier molecular flexibility index (Phi) is 6.79. The van der Waals surface area contributed by atoms with Gasteiger partial charge in [0.1, 0.15) is 17.2 Å². The molecular weight excluding hydrogens is 440 g/mol. The van der Waals surface area contributed by atoms with Crippen LogP contribution in [-0.4, -0.2) is 24.2 Å². The molecule has 0 saturated carbocycles. The number of nitriles is 1. The average molecular weight is 465 g/mol. The number of carboxylic acids is 1. The molecule has 1 aromatic heterocycles. The number of rotatable bonds is 7. The number of nitrogens with zero attached hydrogens (tertiary/aromatic N) is 2. The number of carbonyl (C=O) groups is 1. The van der Waals surface area contributed by atoms with Crippen LogP contribution in [0.15, 0.2) is 87.6 Å². The fourth-order valence-electron chi connectivity index (χ4n) is 4.01. The molecule has 0 amide bonds. The molecule has 0 aliphatic carbocycles. The molecule has 0 radical (unpaired) electrons. The molecule has 0 aliphatic heterocycles. The van der Waals surface area contributed by atoms with E-state index < -0.39 is 5.97 Å². The predicted molar refractivity (Wildman–Crippen MR) is 138 cm³/mol. The molecule has 174 valence electrons. The molecule has 1 heterocycles. The molecule has 0 unspecified atom stereocenters.